The molecular weight excluding hydrogens is 422 g/mol. The van der Waals surface area contributed by atoms with Gasteiger partial charge in [-0.15, -0.1) is 6.58 Å². The smallest absolute Gasteiger partial charge is 0.00260 e. The Bertz CT molecular complexity index is 596. The Kier molecular flexibility index (Phi) is 12.4. The first-order valence-corrected chi connectivity index (χ1v) is 15.7. The third kappa shape index (κ3) is 8.90. The van der Waals surface area contributed by atoms with E-state index in [1.807, 2.05) is 0 Å². The fourth-order valence-corrected chi connectivity index (χ4v) is 8.94. The van der Waals surface area contributed by atoms with Crippen molar-refractivity contribution in [2.45, 2.75) is 120 Å². The van der Waals surface area contributed by atoms with Crippen LogP contribution in [0.4, 0.5) is 0 Å². The van der Waals surface area contributed by atoms with E-state index < -0.39 is 0 Å². The zero-order valence-corrected chi connectivity index (χ0v) is 25.7. The highest BCUT2D eigenvalue weighted by Crippen LogP contribution is 2.50. The van der Waals surface area contributed by atoms with Crippen molar-refractivity contribution in [1.29, 1.82) is 0 Å². The van der Waals surface area contributed by atoms with E-state index in [0.717, 1.165) is 65.7 Å². The van der Waals surface area contributed by atoms with Gasteiger partial charge < -0.3 is 5.32 Å². The van der Waals surface area contributed by atoms with Crippen LogP contribution < -0.4 is 5.32 Å². The molecule has 0 aromatic rings. The molecular formula is C34H65N. The summed E-state index contributed by atoms with van der Waals surface area (Å²) in [4.78, 5) is 0. The third-order valence-electron chi connectivity index (χ3n) is 11.2. The highest BCUT2D eigenvalue weighted by molar-refractivity contribution is 4.94. The lowest BCUT2D eigenvalue weighted by molar-refractivity contribution is 0.0264. The fourth-order valence-electron chi connectivity index (χ4n) is 8.94. The molecule has 2 saturated carbocycles. The van der Waals surface area contributed by atoms with Crippen molar-refractivity contribution in [3.63, 3.8) is 0 Å². The van der Waals surface area contributed by atoms with Crippen LogP contribution in [0.5, 0.6) is 0 Å². The van der Waals surface area contributed by atoms with E-state index in [4.69, 9.17) is 0 Å². The van der Waals surface area contributed by atoms with Crippen molar-refractivity contribution < 1.29 is 0 Å². The Morgan fingerprint density at radius 1 is 0.914 bits per heavy atom. The Labute approximate surface area is 222 Å². The van der Waals surface area contributed by atoms with Gasteiger partial charge in [-0.25, -0.2) is 0 Å². The van der Waals surface area contributed by atoms with Crippen molar-refractivity contribution in [1.82, 2.24) is 5.32 Å². The Morgan fingerprint density at radius 3 is 2.09 bits per heavy atom. The first-order chi connectivity index (χ1) is 16.4. The summed E-state index contributed by atoms with van der Waals surface area (Å²) in [5.74, 6) is 9.01. The van der Waals surface area contributed by atoms with Crippen LogP contribution in [0.3, 0.4) is 0 Å². The van der Waals surface area contributed by atoms with Crippen molar-refractivity contribution in [3.8, 4) is 0 Å². The number of nitrogens with one attached hydrogen (secondary N) is 1. The van der Waals surface area contributed by atoms with Crippen LogP contribution >= 0.6 is 0 Å². The summed E-state index contributed by atoms with van der Waals surface area (Å²) in [5, 5.41) is 3.45. The van der Waals surface area contributed by atoms with Gasteiger partial charge in [-0.2, -0.15) is 0 Å². The second-order valence-corrected chi connectivity index (χ2v) is 14.8. The lowest BCUT2D eigenvalue weighted by Gasteiger charge is -2.47. The Morgan fingerprint density at radius 2 is 1.54 bits per heavy atom. The lowest BCUT2D eigenvalue weighted by Crippen LogP contribution is -2.40. The molecule has 0 amide bonds. The van der Waals surface area contributed by atoms with E-state index in [2.05, 4.69) is 87.3 Å². The summed E-state index contributed by atoms with van der Waals surface area (Å²) in [5.41, 5.74) is 0.372. The molecule has 206 valence electrons. The maximum atomic E-state index is 4.31. The van der Waals surface area contributed by atoms with Crippen LogP contribution in [0.2, 0.25) is 0 Å². The van der Waals surface area contributed by atoms with Crippen LogP contribution in [0.1, 0.15) is 120 Å². The average molecular weight is 488 g/mol. The molecule has 2 fully saturated rings. The standard InChI is InChI=1S/C34H65N/c1-12-25(4)32(19-31-17-26(5)28(7)27(6)18-31)29(8)33(20-30-15-13-14-23(2)16-30)34(9,10)21-24(3)22-35-11/h12,23-33,35H,1,13-22H2,2-11H3/t23?,24-,25?,26?,27?,28?,29+,30?,31?,32-,33-/m1/s1. The van der Waals surface area contributed by atoms with Gasteiger partial charge in [0.2, 0.25) is 0 Å². The van der Waals surface area contributed by atoms with E-state index in [-0.39, 0.29) is 0 Å². The van der Waals surface area contributed by atoms with Crippen molar-refractivity contribution >= 4 is 0 Å². The summed E-state index contributed by atoms with van der Waals surface area (Å²) in [6.07, 6.45) is 15.2. The lowest BCUT2D eigenvalue weighted by atomic mass is 9.58. The molecule has 0 aliphatic heterocycles. The summed E-state index contributed by atoms with van der Waals surface area (Å²) >= 11 is 0. The number of allylic oxidation sites excluding steroid dienone is 1. The largest absolute Gasteiger partial charge is 0.319 e. The third-order valence-corrected chi connectivity index (χ3v) is 11.2. The van der Waals surface area contributed by atoms with Gasteiger partial charge in [-0.05, 0) is 123 Å². The van der Waals surface area contributed by atoms with Crippen molar-refractivity contribution in [2.75, 3.05) is 13.6 Å². The SMILES string of the molecule is C=CC(C)[C@@H](CC1CC(C)C(C)C(C)C1)[C@H](C)[C@@H](CC1CCCC(C)C1)C(C)(C)C[C@@H](C)CNC. The quantitative estimate of drug-likeness (QED) is 0.255. The van der Waals surface area contributed by atoms with Gasteiger partial charge >= 0.3 is 0 Å². The molecule has 2 aliphatic rings. The highest BCUT2D eigenvalue weighted by atomic mass is 14.8. The summed E-state index contributed by atoms with van der Waals surface area (Å²) < 4.78 is 0. The molecule has 0 radical (unpaired) electrons. The molecule has 1 heteroatoms. The molecule has 2 rings (SSSR count). The summed E-state index contributed by atoms with van der Waals surface area (Å²) in [6.45, 7) is 28.3. The van der Waals surface area contributed by atoms with E-state index >= 15 is 0 Å². The van der Waals surface area contributed by atoms with Crippen LogP contribution in [0, 0.1) is 70.5 Å². The van der Waals surface area contributed by atoms with Gasteiger partial charge in [-0.3, -0.25) is 0 Å². The molecule has 0 spiro atoms. The van der Waals surface area contributed by atoms with Crippen LogP contribution in [0.15, 0.2) is 12.7 Å². The maximum Gasteiger partial charge on any atom is -0.00260 e. The normalized spacial score (nSPS) is 34.6. The Balaban J connectivity index is 2.29. The maximum absolute atomic E-state index is 4.31. The molecule has 35 heavy (non-hydrogen) atoms. The van der Waals surface area contributed by atoms with Crippen LogP contribution in [-0.4, -0.2) is 13.6 Å². The number of hydrogen-bond donors (Lipinski definition) is 1. The summed E-state index contributed by atoms with van der Waals surface area (Å²) in [6, 6.07) is 0. The molecule has 1 nitrogen and oxygen atoms in total. The molecule has 0 heterocycles. The number of hydrogen-bond acceptors (Lipinski definition) is 1. The number of rotatable bonds is 13. The van der Waals surface area contributed by atoms with Crippen LogP contribution in [0.25, 0.3) is 0 Å². The molecule has 0 aromatic carbocycles. The second-order valence-electron chi connectivity index (χ2n) is 14.8. The van der Waals surface area contributed by atoms with Crippen LogP contribution in [-0.2, 0) is 0 Å². The van der Waals surface area contributed by atoms with Gasteiger partial charge in [0.25, 0.3) is 0 Å². The zero-order valence-electron chi connectivity index (χ0n) is 25.7. The minimum atomic E-state index is 0.372. The van der Waals surface area contributed by atoms with E-state index in [9.17, 15) is 0 Å². The van der Waals surface area contributed by atoms with E-state index in [1.165, 1.54) is 57.8 Å². The van der Waals surface area contributed by atoms with Crippen molar-refractivity contribution in [3.05, 3.63) is 12.7 Å². The Hall–Kier alpha value is -0.300. The summed E-state index contributed by atoms with van der Waals surface area (Å²) in [7, 11) is 2.11. The molecule has 0 aromatic heterocycles. The molecule has 0 saturated heterocycles. The molecule has 5 unspecified atom stereocenters. The van der Waals surface area contributed by atoms with Crippen molar-refractivity contribution in [2.24, 2.45) is 70.5 Å². The zero-order chi connectivity index (χ0) is 26.3. The second kappa shape index (κ2) is 14.0. The van der Waals surface area contributed by atoms with Gasteiger partial charge in [0.1, 0.15) is 0 Å². The van der Waals surface area contributed by atoms with Gasteiger partial charge in [0.15, 0.2) is 0 Å². The van der Waals surface area contributed by atoms with Gasteiger partial charge in [0, 0.05) is 0 Å². The topological polar surface area (TPSA) is 12.0 Å². The molecule has 2 aliphatic carbocycles. The molecule has 0 bridgehead atoms. The average Bonchev–Trinajstić information content (AvgIpc) is 2.78. The molecule has 1 N–H and O–H groups in total. The first-order valence-electron chi connectivity index (χ1n) is 15.7. The molecule has 9 atom stereocenters. The van der Waals surface area contributed by atoms with Gasteiger partial charge in [-0.1, -0.05) is 87.7 Å². The predicted molar refractivity (Wildman–Crippen MR) is 158 cm³/mol. The minimum Gasteiger partial charge on any atom is -0.319 e. The highest BCUT2D eigenvalue weighted by Gasteiger charge is 2.42. The monoisotopic (exact) mass is 488 g/mol. The van der Waals surface area contributed by atoms with E-state index in [0.29, 0.717) is 11.3 Å². The minimum absolute atomic E-state index is 0.372. The fraction of sp³-hybridized carbons (Fsp3) is 0.941. The van der Waals surface area contributed by atoms with Gasteiger partial charge in [0.05, 0.1) is 0 Å². The predicted octanol–water partition coefficient (Wildman–Crippen LogP) is 9.87. The van der Waals surface area contributed by atoms with E-state index in [1.54, 1.807) is 0 Å². The first kappa shape index (κ1) is 30.9.